The molecule has 2 N–H and O–H groups in total. The van der Waals surface area contributed by atoms with Crippen molar-refractivity contribution >= 4 is 5.69 Å². The van der Waals surface area contributed by atoms with Gasteiger partial charge in [-0.25, -0.2) is 4.39 Å². The van der Waals surface area contributed by atoms with Gasteiger partial charge in [-0.3, -0.25) is 0 Å². The van der Waals surface area contributed by atoms with Gasteiger partial charge in [0.05, 0.1) is 5.54 Å². The number of hydrogen-bond donors (Lipinski definition) is 1. The van der Waals surface area contributed by atoms with Crippen molar-refractivity contribution in [2.24, 2.45) is 5.73 Å². The molecule has 0 bridgehead atoms. The minimum atomic E-state index is -0.201. The summed E-state index contributed by atoms with van der Waals surface area (Å²) in [5, 5.41) is 0. The summed E-state index contributed by atoms with van der Waals surface area (Å²) in [6.45, 7) is 4.94. The average molecular weight is 238 g/mol. The van der Waals surface area contributed by atoms with E-state index in [1.165, 1.54) is 12.1 Å². The number of nitrogens with zero attached hydrogens (tertiary/aromatic N) is 1. The Morgan fingerprint density at radius 1 is 1.24 bits per heavy atom. The SMILES string of the molecule is CCCC(CC)(CN)N(C)c1ccc(F)cc1. The highest BCUT2D eigenvalue weighted by molar-refractivity contribution is 5.48. The van der Waals surface area contributed by atoms with Gasteiger partial charge in [0, 0.05) is 19.3 Å². The van der Waals surface area contributed by atoms with Crippen molar-refractivity contribution in [3.63, 3.8) is 0 Å². The summed E-state index contributed by atoms with van der Waals surface area (Å²) in [4.78, 5) is 2.19. The Bertz CT molecular complexity index is 331. The Hall–Kier alpha value is -1.09. The lowest BCUT2D eigenvalue weighted by Gasteiger charge is -2.42. The van der Waals surface area contributed by atoms with Gasteiger partial charge in [-0.2, -0.15) is 0 Å². The van der Waals surface area contributed by atoms with E-state index in [0.29, 0.717) is 6.54 Å². The third-order valence-corrected chi connectivity index (χ3v) is 3.68. The second-order valence-electron chi connectivity index (χ2n) is 4.57. The van der Waals surface area contributed by atoms with Crippen LogP contribution in [0.5, 0.6) is 0 Å². The molecule has 1 aromatic carbocycles. The standard InChI is InChI=1S/C14H23FN2/c1-4-10-14(5-2,11-16)17(3)13-8-6-12(15)7-9-13/h6-9H,4-5,10-11,16H2,1-3H3. The number of rotatable bonds is 6. The molecular weight excluding hydrogens is 215 g/mol. The van der Waals surface area contributed by atoms with E-state index < -0.39 is 0 Å². The van der Waals surface area contributed by atoms with Crippen molar-refractivity contribution in [1.82, 2.24) is 0 Å². The van der Waals surface area contributed by atoms with Gasteiger partial charge in [0.2, 0.25) is 0 Å². The van der Waals surface area contributed by atoms with E-state index >= 15 is 0 Å². The number of nitrogens with two attached hydrogens (primary N) is 1. The van der Waals surface area contributed by atoms with Crippen LogP contribution in [-0.4, -0.2) is 19.1 Å². The van der Waals surface area contributed by atoms with E-state index in [2.05, 4.69) is 18.7 Å². The van der Waals surface area contributed by atoms with Crippen LogP contribution in [0.1, 0.15) is 33.1 Å². The van der Waals surface area contributed by atoms with Crippen molar-refractivity contribution in [2.75, 3.05) is 18.5 Å². The number of hydrogen-bond acceptors (Lipinski definition) is 2. The first kappa shape index (κ1) is 14.0. The number of halogens is 1. The van der Waals surface area contributed by atoms with Gasteiger partial charge < -0.3 is 10.6 Å². The fraction of sp³-hybridized carbons (Fsp3) is 0.571. The minimum absolute atomic E-state index is 0.0213. The molecule has 0 saturated carbocycles. The summed E-state index contributed by atoms with van der Waals surface area (Å²) in [7, 11) is 2.04. The van der Waals surface area contributed by atoms with Crippen LogP contribution >= 0.6 is 0 Å². The Morgan fingerprint density at radius 2 is 1.82 bits per heavy atom. The maximum atomic E-state index is 12.9. The molecule has 0 fully saturated rings. The van der Waals surface area contributed by atoms with Crippen LogP contribution < -0.4 is 10.6 Å². The first-order valence-corrected chi connectivity index (χ1v) is 6.29. The Labute approximate surface area is 104 Å². The van der Waals surface area contributed by atoms with Gasteiger partial charge in [-0.05, 0) is 37.1 Å². The summed E-state index contributed by atoms with van der Waals surface area (Å²) < 4.78 is 12.9. The Kier molecular flexibility index (Phi) is 4.94. The highest BCUT2D eigenvalue weighted by Gasteiger charge is 2.30. The molecule has 0 aliphatic rings. The second-order valence-corrected chi connectivity index (χ2v) is 4.57. The topological polar surface area (TPSA) is 29.3 Å². The first-order valence-electron chi connectivity index (χ1n) is 6.29. The van der Waals surface area contributed by atoms with Crippen LogP contribution in [0.25, 0.3) is 0 Å². The monoisotopic (exact) mass is 238 g/mol. The molecule has 3 heteroatoms. The zero-order chi connectivity index (χ0) is 12.9. The molecule has 1 aromatic rings. The third-order valence-electron chi connectivity index (χ3n) is 3.68. The van der Waals surface area contributed by atoms with Crippen molar-refractivity contribution in [2.45, 2.75) is 38.6 Å². The molecule has 1 rings (SSSR count). The molecule has 0 aromatic heterocycles. The molecular formula is C14H23FN2. The summed E-state index contributed by atoms with van der Waals surface area (Å²) in [6, 6.07) is 6.61. The van der Waals surface area contributed by atoms with Gasteiger partial charge in [0.15, 0.2) is 0 Å². The van der Waals surface area contributed by atoms with E-state index in [1.54, 1.807) is 0 Å². The lowest BCUT2D eigenvalue weighted by Crippen LogP contribution is -2.52. The van der Waals surface area contributed by atoms with Gasteiger partial charge in [0.25, 0.3) is 0 Å². The maximum Gasteiger partial charge on any atom is 0.123 e. The summed E-state index contributed by atoms with van der Waals surface area (Å²) in [5.74, 6) is -0.201. The van der Waals surface area contributed by atoms with Crippen molar-refractivity contribution in [3.8, 4) is 0 Å². The van der Waals surface area contributed by atoms with E-state index in [9.17, 15) is 4.39 Å². The molecule has 0 radical (unpaired) electrons. The molecule has 0 aliphatic heterocycles. The predicted molar refractivity (Wildman–Crippen MR) is 71.8 cm³/mol. The van der Waals surface area contributed by atoms with E-state index in [1.807, 2.05) is 19.2 Å². The number of likely N-dealkylation sites (N-methyl/N-ethyl adjacent to an activating group) is 1. The van der Waals surface area contributed by atoms with Crippen molar-refractivity contribution < 1.29 is 4.39 Å². The van der Waals surface area contributed by atoms with Crippen LogP contribution in [0.3, 0.4) is 0 Å². The molecule has 1 atom stereocenters. The van der Waals surface area contributed by atoms with Crippen LogP contribution in [0, 0.1) is 5.82 Å². The lowest BCUT2D eigenvalue weighted by molar-refractivity contribution is 0.366. The van der Waals surface area contributed by atoms with Gasteiger partial charge in [-0.1, -0.05) is 20.3 Å². The van der Waals surface area contributed by atoms with Crippen LogP contribution in [-0.2, 0) is 0 Å². The zero-order valence-electron chi connectivity index (χ0n) is 11.0. The van der Waals surface area contributed by atoms with Gasteiger partial charge in [0.1, 0.15) is 5.82 Å². The Balaban J connectivity index is 2.98. The molecule has 0 heterocycles. The summed E-state index contributed by atoms with van der Waals surface area (Å²) >= 11 is 0. The predicted octanol–water partition coefficient (Wildman–Crippen LogP) is 3.17. The fourth-order valence-electron chi connectivity index (χ4n) is 2.37. The number of benzene rings is 1. The van der Waals surface area contributed by atoms with Crippen molar-refractivity contribution in [3.05, 3.63) is 30.1 Å². The molecule has 96 valence electrons. The van der Waals surface area contributed by atoms with Crippen molar-refractivity contribution in [1.29, 1.82) is 0 Å². The minimum Gasteiger partial charge on any atom is -0.368 e. The van der Waals surface area contributed by atoms with E-state index in [0.717, 1.165) is 24.9 Å². The highest BCUT2D eigenvalue weighted by Crippen LogP contribution is 2.28. The second kappa shape index (κ2) is 6.01. The van der Waals surface area contributed by atoms with E-state index in [-0.39, 0.29) is 11.4 Å². The van der Waals surface area contributed by atoms with Crippen LogP contribution in [0.4, 0.5) is 10.1 Å². The smallest absolute Gasteiger partial charge is 0.123 e. The van der Waals surface area contributed by atoms with Crippen LogP contribution in [0.2, 0.25) is 0 Å². The lowest BCUT2D eigenvalue weighted by atomic mass is 9.88. The van der Waals surface area contributed by atoms with Gasteiger partial charge in [-0.15, -0.1) is 0 Å². The average Bonchev–Trinajstić information content (AvgIpc) is 2.36. The quantitative estimate of drug-likeness (QED) is 0.824. The maximum absolute atomic E-state index is 12.9. The molecule has 0 saturated heterocycles. The zero-order valence-corrected chi connectivity index (χ0v) is 11.0. The normalized spacial score (nSPS) is 14.4. The summed E-state index contributed by atoms with van der Waals surface area (Å²) in [6.07, 6.45) is 3.13. The fourth-order valence-corrected chi connectivity index (χ4v) is 2.37. The molecule has 0 spiro atoms. The summed E-state index contributed by atoms with van der Waals surface area (Å²) in [5.41, 5.74) is 6.96. The molecule has 2 nitrogen and oxygen atoms in total. The molecule has 0 amide bonds. The first-order chi connectivity index (χ1) is 8.09. The molecule has 1 unspecified atom stereocenters. The number of anilines is 1. The van der Waals surface area contributed by atoms with Gasteiger partial charge >= 0.3 is 0 Å². The van der Waals surface area contributed by atoms with E-state index in [4.69, 9.17) is 5.73 Å². The Morgan fingerprint density at radius 3 is 2.24 bits per heavy atom. The molecule has 0 aliphatic carbocycles. The third kappa shape index (κ3) is 2.97. The molecule has 17 heavy (non-hydrogen) atoms. The highest BCUT2D eigenvalue weighted by atomic mass is 19.1. The van der Waals surface area contributed by atoms with Crippen LogP contribution in [0.15, 0.2) is 24.3 Å². The largest absolute Gasteiger partial charge is 0.368 e.